The maximum atomic E-state index is 4.56. The predicted molar refractivity (Wildman–Crippen MR) is 158 cm³/mol. The lowest BCUT2D eigenvalue weighted by molar-refractivity contribution is 0.563. The van der Waals surface area contributed by atoms with Gasteiger partial charge < -0.3 is 0 Å². The second-order valence-corrected chi connectivity index (χ2v) is 9.16. The third-order valence-electron chi connectivity index (χ3n) is 6.75. The van der Waals surface area contributed by atoms with Crippen LogP contribution >= 0.6 is 0 Å². The standard InChI is InChI=1S/C32H44.C2H6/c1-13-17-18-29(22(5)6)28(15-3)27(14-2)26(11)24(9)21-31-30(23(7)8)20-19-25(10)32(31,12)16-4;1-2/h13,16-18,21H,1,4,7,10-11,14-15,19-20H2,2-3,5-6,8-9,12H3;1-2H3/b18-17-,24-21+,28-27-;/t32-;/m1./s1. The predicted octanol–water partition coefficient (Wildman–Crippen LogP) is 11.1. The van der Waals surface area contributed by atoms with Gasteiger partial charge in [-0.05, 0) is 99.3 Å². The first-order valence-corrected chi connectivity index (χ1v) is 12.8. The molecule has 0 aromatic carbocycles. The van der Waals surface area contributed by atoms with Gasteiger partial charge in [0.05, 0.1) is 0 Å². The highest BCUT2D eigenvalue weighted by Gasteiger charge is 2.33. The lowest BCUT2D eigenvalue weighted by Crippen LogP contribution is -2.24. The van der Waals surface area contributed by atoms with Gasteiger partial charge in [-0.3, -0.25) is 0 Å². The van der Waals surface area contributed by atoms with Crippen molar-refractivity contribution in [2.45, 2.75) is 88.0 Å². The van der Waals surface area contributed by atoms with Gasteiger partial charge in [0.15, 0.2) is 0 Å². The molecule has 0 bridgehead atoms. The molecule has 1 rings (SSSR count). The Morgan fingerprint density at radius 1 is 0.941 bits per heavy atom. The van der Waals surface area contributed by atoms with Crippen LogP contribution in [0.4, 0.5) is 0 Å². The fourth-order valence-corrected chi connectivity index (χ4v) is 4.56. The quantitative estimate of drug-likeness (QED) is 0.225. The molecule has 0 fully saturated rings. The average Bonchev–Trinajstić information content (AvgIpc) is 2.82. The van der Waals surface area contributed by atoms with Crippen LogP contribution in [0, 0.1) is 5.41 Å². The molecule has 0 saturated heterocycles. The first kappa shape index (κ1) is 31.4. The third-order valence-corrected chi connectivity index (χ3v) is 6.75. The van der Waals surface area contributed by atoms with Gasteiger partial charge in [-0.25, -0.2) is 0 Å². The molecule has 0 heterocycles. The zero-order valence-corrected chi connectivity index (χ0v) is 23.8. The highest BCUT2D eigenvalue weighted by atomic mass is 14.4. The molecule has 0 aromatic rings. The van der Waals surface area contributed by atoms with Crippen LogP contribution in [0.25, 0.3) is 0 Å². The first-order chi connectivity index (χ1) is 16.0. The molecule has 0 aliphatic heterocycles. The highest BCUT2D eigenvalue weighted by molar-refractivity contribution is 5.59. The number of hydrogen-bond donors (Lipinski definition) is 0. The molecule has 0 nitrogen and oxygen atoms in total. The summed E-state index contributed by atoms with van der Waals surface area (Å²) in [4.78, 5) is 0. The Bertz CT molecular complexity index is 958. The Kier molecular flexibility index (Phi) is 13.5. The molecule has 1 aliphatic carbocycles. The maximum absolute atomic E-state index is 4.56. The van der Waals surface area contributed by atoms with Gasteiger partial charge in [0.1, 0.15) is 0 Å². The molecule has 1 atom stereocenters. The van der Waals surface area contributed by atoms with E-state index in [1.165, 1.54) is 44.6 Å². The van der Waals surface area contributed by atoms with Crippen LogP contribution in [0.2, 0.25) is 0 Å². The van der Waals surface area contributed by atoms with Gasteiger partial charge in [0, 0.05) is 5.41 Å². The third kappa shape index (κ3) is 7.20. The molecular weight excluding hydrogens is 408 g/mol. The van der Waals surface area contributed by atoms with Crippen LogP contribution in [0.1, 0.15) is 88.0 Å². The summed E-state index contributed by atoms with van der Waals surface area (Å²) < 4.78 is 0. The summed E-state index contributed by atoms with van der Waals surface area (Å²) in [6.45, 7) is 40.5. The van der Waals surface area contributed by atoms with Crippen LogP contribution < -0.4 is 0 Å². The summed E-state index contributed by atoms with van der Waals surface area (Å²) in [5.74, 6) is 0. The van der Waals surface area contributed by atoms with E-state index >= 15 is 0 Å². The van der Waals surface area contributed by atoms with Crippen molar-refractivity contribution in [2.24, 2.45) is 5.41 Å². The second kappa shape index (κ2) is 14.6. The van der Waals surface area contributed by atoms with Gasteiger partial charge in [0.25, 0.3) is 0 Å². The van der Waals surface area contributed by atoms with Crippen LogP contribution in [0.15, 0.2) is 119 Å². The maximum Gasteiger partial charge on any atom is 0.0310 e. The summed E-state index contributed by atoms with van der Waals surface area (Å²) in [6, 6.07) is 0. The summed E-state index contributed by atoms with van der Waals surface area (Å²) in [7, 11) is 0. The smallest absolute Gasteiger partial charge is 0.0310 e. The van der Waals surface area contributed by atoms with Crippen molar-refractivity contribution < 1.29 is 0 Å². The van der Waals surface area contributed by atoms with E-state index in [4.69, 9.17) is 0 Å². The zero-order valence-electron chi connectivity index (χ0n) is 23.8. The SMILES string of the molecule is C=C/C=C\C(=C(C)C)/C(CC)=C(/CC)C(=C)/C(C)=C/C1=C(C(=C)C)CCC(=C)[C@@]1(C)C=C.CC. The van der Waals surface area contributed by atoms with Gasteiger partial charge in [0.2, 0.25) is 0 Å². The summed E-state index contributed by atoms with van der Waals surface area (Å²) in [5.41, 5.74) is 12.2. The highest BCUT2D eigenvalue weighted by Crippen LogP contribution is 2.47. The lowest BCUT2D eigenvalue weighted by atomic mass is 9.66. The van der Waals surface area contributed by atoms with E-state index in [0.29, 0.717) is 0 Å². The molecule has 0 amide bonds. The Hall–Kier alpha value is -2.60. The van der Waals surface area contributed by atoms with E-state index in [-0.39, 0.29) is 5.41 Å². The number of rotatable bonds is 10. The largest absolute Gasteiger partial charge is 0.102 e. The van der Waals surface area contributed by atoms with E-state index in [0.717, 1.165) is 36.8 Å². The molecule has 0 aromatic heterocycles. The van der Waals surface area contributed by atoms with Crippen molar-refractivity contribution in [3.05, 3.63) is 119 Å². The molecule has 34 heavy (non-hydrogen) atoms. The summed E-state index contributed by atoms with van der Waals surface area (Å²) in [5, 5.41) is 0. The van der Waals surface area contributed by atoms with Crippen LogP contribution in [0.5, 0.6) is 0 Å². The molecule has 0 spiro atoms. The minimum atomic E-state index is -0.254. The molecule has 1 aliphatic rings. The topological polar surface area (TPSA) is 0 Å². The van der Waals surface area contributed by atoms with Crippen molar-refractivity contribution in [1.82, 2.24) is 0 Å². The van der Waals surface area contributed by atoms with Gasteiger partial charge in [-0.1, -0.05) is 101 Å². The van der Waals surface area contributed by atoms with Gasteiger partial charge in [-0.2, -0.15) is 0 Å². The van der Waals surface area contributed by atoms with Crippen molar-refractivity contribution in [3.63, 3.8) is 0 Å². The fourth-order valence-electron chi connectivity index (χ4n) is 4.56. The zero-order chi connectivity index (χ0) is 26.6. The van der Waals surface area contributed by atoms with E-state index in [1.54, 1.807) is 0 Å². The van der Waals surface area contributed by atoms with Crippen LogP contribution in [-0.4, -0.2) is 0 Å². The lowest BCUT2D eigenvalue weighted by Gasteiger charge is -2.37. The van der Waals surface area contributed by atoms with Crippen LogP contribution in [-0.2, 0) is 0 Å². The Morgan fingerprint density at radius 3 is 1.91 bits per heavy atom. The molecular formula is C34H50. The van der Waals surface area contributed by atoms with Crippen molar-refractivity contribution in [3.8, 4) is 0 Å². The van der Waals surface area contributed by atoms with Gasteiger partial charge in [-0.15, -0.1) is 6.58 Å². The molecule has 0 saturated carbocycles. The minimum absolute atomic E-state index is 0.254. The van der Waals surface area contributed by atoms with E-state index in [1.807, 2.05) is 32.1 Å². The Balaban J connectivity index is 0.00000529. The molecule has 0 N–H and O–H groups in total. The van der Waals surface area contributed by atoms with E-state index < -0.39 is 0 Å². The van der Waals surface area contributed by atoms with Crippen molar-refractivity contribution in [2.75, 3.05) is 0 Å². The van der Waals surface area contributed by atoms with Crippen LogP contribution in [0.3, 0.4) is 0 Å². The Morgan fingerprint density at radius 2 is 1.50 bits per heavy atom. The van der Waals surface area contributed by atoms with E-state index in [9.17, 15) is 0 Å². The molecule has 0 unspecified atom stereocenters. The summed E-state index contributed by atoms with van der Waals surface area (Å²) in [6.07, 6.45) is 14.2. The molecule has 0 heteroatoms. The monoisotopic (exact) mass is 458 g/mol. The fraction of sp³-hybridized carbons (Fsp3) is 0.412. The van der Waals surface area contributed by atoms with Crippen molar-refractivity contribution >= 4 is 0 Å². The second-order valence-electron chi connectivity index (χ2n) is 9.16. The number of allylic oxidation sites excluding steroid dienone is 15. The van der Waals surface area contributed by atoms with Crippen molar-refractivity contribution in [1.29, 1.82) is 0 Å². The molecule has 0 radical (unpaired) electrons. The van der Waals surface area contributed by atoms with E-state index in [2.05, 4.69) is 93.5 Å². The first-order valence-electron chi connectivity index (χ1n) is 12.8. The summed E-state index contributed by atoms with van der Waals surface area (Å²) >= 11 is 0. The Labute approximate surface area is 212 Å². The minimum Gasteiger partial charge on any atom is -0.102 e. The average molecular weight is 459 g/mol. The number of hydrogen-bond acceptors (Lipinski definition) is 0. The normalized spacial score (nSPS) is 19.2. The molecule has 186 valence electrons. The van der Waals surface area contributed by atoms with Gasteiger partial charge >= 0.3 is 0 Å².